The summed E-state index contributed by atoms with van der Waals surface area (Å²) in [4.78, 5) is 15.2. The van der Waals surface area contributed by atoms with Crippen LogP contribution in [0.4, 0.5) is 10.1 Å². The van der Waals surface area contributed by atoms with Crippen molar-refractivity contribution in [3.8, 4) is 27.7 Å². The predicted octanol–water partition coefficient (Wildman–Crippen LogP) is 6.53. The molecule has 1 N–H and O–H groups in total. The number of rotatable bonds is 4. The van der Waals surface area contributed by atoms with E-state index in [0.717, 1.165) is 16.5 Å². The van der Waals surface area contributed by atoms with E-state index in [0.29, 0.717) is 16.0 Å². The van der Waals surface area contributed by atoms with E-state index in [2.05, 4.69) is 4.98 Å². The molecule has 0 saturated heterocycles. The minimum Gasteiger partial charge on any atom is -0.508 e. The van der Waals surface area contributed by atoms with Crippen molar-refractivity contribution in [3.05, 3.63) is 76.7 Å². The van der Waals surface area contributed by atoms with Crippen LogP contribution in [0.15, 0.2) is 60.8 Å². The molecule has 0 saturated carbocycles. The third-order valence-electron chi connectivity index (χ3n) is 3.85. The molecule has 2 heterocycles. The van der Waals surface area contributed by atoms with Gasteiger partial charge in [-0.15, -0.1) is 11.3 Å². The van der Waals surface area contributed by atoms with Crippen molar-refractivity contribution in [1.82, 2.24) is 4.98 Å². The molecule has 2 aromatic heterocycles. The zero-order valence-corrected chi connectivity index (χ0v) is 16.4. The Bertz CT molecular complexity index is 1180. The van der Waals surface area contributed by atoms with Crippen molar-refractivity contribution in [2.45, 2.75) is 13.8 Å². The van der Waals surface area contributed by atoms with Gasteiger partial charge in [-0.2, -0.15) is 0 Å². The first-order valence-corrected chi connectivity index (χ1v) is 9.62. The average Bonchev–Trinajstić information content (AvgIpc) is 3.16. The molecule has 29 heavy (non-hydrogen) atoms. The van der Waals surface area contributed by atoms with Crippen LogP contribution in [0.1, 0.15) is 13.8 Å². The molecule has 0 atom stereocenters. The van der Waals surface area contributed by atoms with Gasteiger partial charge in [-0.3, -0.25) is 15.1 Å². The zero-order valence-electron chi connectivity index (χ0n) is 15.6. The van der Waals surface area contributed by atoms with Gasteiger partial charge in [0.1, 0.15) is 11.5 Å². The quantitative estimate of drug-likeness (QED) is 0.304. The van der Waals surface area contributed by atoms with E-state index in [1.807, 2.05) is 26.0 Å². The van der Waals surface area contributed by atoms with Crippen LogP contribution in [0.25, 0.3) is 20.7 Å². The summed E-state index contributed by atoms with van der Waals surface area (Å²) in [6.45, 7) is 4.00. The number of nitrogens with zero attached hydrogens (tertiary/aromatic N) is 2. The maximum atomic E-state index is 14.1. The number of thiophene rings is 1. The van der Waals surface area contributed by atoms with Gasteiger partial charge in [0.15, 0.2) is 11.6 Å². The van der Waals surface area contributed by atoms with Gasteiger partial charge in [0.05, 0.1) is 21.2 Å². The summed E-state index contributed by atoms with van der Waals surface area (Å²) >= 11 is 1.39. The average molecular weight is 412 g/mol. The number of nitro benzene ring substituents is 1. The number of hydrogen-bond acceptors (Lipinski definition) is 6. The Balaban J connectivity index is 0.00000117. The SMILES string of the molecule is CC.O=[N+]([O-])c1ccc(Oc2ccnc3cc(-c4cccc(O)c4)sc23)c(F)c1. The van der Waals surface area contributed by atoms with Gasteiger partial charge < -0.3 is 9.84 Å². The number of hydrogen-bond donors (Lipinski definition) is 1. The highest BCUT2D eigenvalue weighted by molar-refractivity contribution is 7.22. The molecular weight excluding hydrogens is 395 g/mol. The molecule has 0 aliphatic rings. The van der Waals surface area contributed by atoms with E-state index in [9.17, 15) is 19.6 Å². The molecule has 0 bridgehead atoms. The van der Waals surface area contributed by atoms with Gasteiger partial charge in [-0.05, 0) is 29.8 Å². The van der Waals surface area contributed by atoms with Gasteiger partial charge in [0.2, 0.25) is 0 Å². The number of phenolic OH excluding ortho intramolecular Hbond substituents is 1. The van der Waals surface area contributed by atoms with Crippen LogP contribution in [-0.4, -0.2) is 15.0 Å². The molecule has 0 fully saturated rings. The van der Waals surface area contributed by atoms with Crippen molar-refractivity contribution < 1.29 is 19.2 Å². The van der Waals surface area contributed by atoms with Gasteiger partial charge in [-0.25, -0.2) is 4.39 Å². The first-order valence-electron chi connectivity index (χ1n) is 8.81. The Morgan fingerprint density at radius 2 is 1.90 bits per heavy atom. The molecule has 148 valence electrons. The Labute approximate surface area is 170 Å². The molecule has 0 aliphatic heterocycles. The third kappa shape index (κ3) is 4.33. The van der Waals surface area contributed by atoms with Crippen LogP contribution in [0.3, 0.4) is 0 Å². The standard InChI is InChI=1S/C19H11FN2O4S.C2H6/c20-14-9-12(22(24)25)4-5-16(14)26-17-6-7-21-15-10-18(27-19(15)17)11-2-1-3-13(23)8-11;1-2/h1-10,23H;1-2H3. The minimum absolute atomic E-state index is 0.111. The maximum Gasteiger partial charge on any atom is 0.272 e. The van der Waals surface area contributed by atoms with E-state index in [4.69, 9.17) is 4.74 Å². The largest absolute Gasteiger partial charge is 0.508 e. The molecule has 0 spiro atoms. The van der Waals surface area contributed by atoms with E-state index in [-0.39, 0.29) is 17.2 Å². The van der Waals surface area contributed by atoms with Gasteiger partial charge in [-0.1, -0.05) is 26.0 Å². The van der Waals surface area contributed by atoms with Crippen LogP contribution >= 0.6 is 11.3 Å². The summed E-state index contributed by atoms with van der Waals surface area (Å²) in [6.07, 6.45) is 1.54. The van der Waals surface area contributed by atoms with Gasteiger partial charge >= 0.3 is 0 Å². The fraction of sp³-hybridized carbons (Fsp3) is 0.0952. The number of halogens is 1. The first-order chi connectivity index (χ1) is 14.0. The number of phenols is 1. The fourth-order valence-electron chi connectivity index (χ4n) is 2.60. The smallest absolute Gasteiger partial charge is 0.272 e. The lowest BCUT2D eigenvalue weighted by molar-refractivity contribution is -0.385. The highest BCUT2D eigenvalue weighted by atomic mass is 32.1. The summed E-state index contributed by atoms with van der Waals surface area (Å²) in [6, 6.07) is 13.5. The van der Waals surface area contributed by atoms with Crippen molar-refractivity contribution in [3.63, 3.8) is 0 Å². The normalized spacial score (nSPS) is 10.3. The number of benzene rings is 2. The second-order valence-electron chi connectivity index (χ2n) is 5.66. The Hall–Kier alpha value is -3.52. The second kappa shape index (κ2) is 8.66. The molecule has 4 rings (SSSR count). The van der Waals surface area contributed by atoms with Gasteiger partial charge in [0.25, 0.3) is 5.69 Å². The molecule has 4 aromatic rings. The van der Waals surface area contributed by atoms with Gasteiger partial charge in [0, 0.05) is 23.2 Å². The second-order valence-corrected chi connectivity index (χ2v) is 6.71. The van der Waals surface area contributed by atoms with Crippen LogP contribution in [0, 0.1) is 15.9 Å². The monoisotopic (exact) mass is 412 g/mol. The first kappa shape index (κ1) is 20.2. The van der Waals surface area contributed by atoms with E-state index < -0.39 is 10.7 Å². The highest BCUT2D eigenvalue weighted by Gasteiger charge is 2.15. The lowest BCUT2D eigenvalue weighted by Crippen LogP contribution is -1.92. The van der Waals surface area contributed by atoms with Crippen LogP contribution < -0.4 is 4.74 Å². The lowest BCUT2D eigenvalue weighted by Gasteiger charge is -2.07. The Kier molecular flexibility index (Phi) is 6.04. The predicted molar refractivity (Wildman–Crippen MR) is 111 cm³/mol. The molecule has 0 amide bonds. The van der Waals surface area contributed by atoms with Crippen molar-refractivity contribution >= 4 is 27.2 Å². The van der Waals surface area contributed by atoms with Crippen LogP contribution in [0.2, 0.25) is 0 Å². The zero-order chi connectivity index (χ0) is 21.0. The Morgan fingerprint density at radius 3 is 2.59 bits per heavy atom. The number of fused-ring (bicyclic) bond motifs is 1. The molecule has 0 aliphatic carbocycles. The number of nitro groups is 1. The molecule has 0 radical (unpaired) electrons. The lowest BCUT2D eigenvalue weighted by atomic mass is 10.2. The summed E-state index contributed by atoms with van der Waals surface area (Å²) < 4.78 is 20.5. The van der Waals surface area contributed by atoms with Crippen LogP contribution in [-0.2, 0) is 0 Å². The number of aromatic nitrogens is 1. The molecule has 8 heteroatoms. The number of pyridine rings is 1. The van der Waals surface area contributed by atoms with Crippen molar-refractivity contribution in [2.24, 2.45) is 0 Å². The number of aromatic hydroxyl groups is 1. The Morgan fingerprint density at radius 1 is 1.10 bits per heavy atom. The van der Waals surface area contributed by atoms with E-state index in [1.54, 1.807) is 30.5 Å². The molecule has 6 nitrogen and oxygen atoms in total. The molecule has 0 unspecified atom stereocenters. The minimum atomic E-state index is -0.820. The number of ether oxygens (including phenoxy) is 1. The highest BCUT2D eigenvalue weighted by Crippen LogP contribution is 2.40. The summed E-state index contributed by atoms with van der Waals surface area (Å²) in [5, 5.41) is 20.4. The molecule has 2 aromatic carbocycles. The summed E-state index contributed by atoms with van der Waals surface area (Å²) in [7, 11) is 0. The topological polar surface area (TPSA) is 85.5 Å². The summed E-state index contributed by atoms with van der Waals surface area (Å²) in [5.74, 6) is -0.383. The van der Waals surface area contributed by atoms with Crippen LogP contribution in [0.5, 0.6) is 17.2 Å². The third-order valence-corrected chi connectivity index (χ3v) is 5.04. The van der Waals surface area contributed by atoms with E-state index in [1.165, 1.54) is 23.5 Å². The van der Waals surface area contributed by atoms with Crippen molar-refractivity contribution in [2.75, 3.05) is 0 Å². The summed E-state index contributed by atoms with van der Waals surface area (Å²) in [5.41, 5.74) is 1.14. The maximum absolute atomic E-state index is 14.1. The van der Waals surface area contributed by atoms with E-state index >= 15 is 0 Å². The fourth-order valence-corrected chi connectivity index (χ4v) is 3.66. The number of non-ortho nitro benzene ring substituents is 1. The molecular formula is C21H17FN2O4S. The van der Waals surface area contributed by atoms with Crippen molar-refractivity contribution in [1.29, 1.82) is 0 Å².